The van der Waals surface area contributed by atoms with Gasteiger partial charge in [-0.2, -0.15) is 0 Å². The zero-order valence-electron chi connectivity index (χ0n) is 15.6. The van der Waals surface area contributed by atoms with E-state index in [0.29, 0.717) is 24.6 Å². The van der Waals surface area contributed by atoms with Crippen molar-refractivity contribution in [1.29, 1.82) is 0 Å². The maximum Gasteiger partial charge on any atom is 0.268 e. The van der Waals surface area contributed by atoms with Gasteiger partial charge in [-0.1, -0.05) is 38.1 Å². The Morgan fingerprint density at radius 1 is 1.11 bits per heavy atom. The first-order chi connectivity index (χ1) is 13.0. The first-order valence-electron chi connectivity index (χ1n) is 9.25. The quantitative estimate of drug-likeness (QED) is 0.748. The van der Waals surface area contributed by atoms with Crippen LogP contribution in [0.1, 0.15) is 31.0 Å². The fourth-order valence-electron chi connectivity index (χ4n) is 3.81. The molecule has 1 N–H and O–H groups in total. The van der Waals surface area contributed by atoms with E-state index in [-0.39, 0.29) is 10.9 Å². The van der Waals surface area contributed by atoms with Crippen LogP contribution in [-0.2, 0) is 21.4 Å². The second kappa shape index (κ2) is 7.11. The number of rotatable bonds is 3. The third-order valence-electron chi connectivity index (χ3n) is 5.11. The van der Waals surface area contributed by atoms with Gasteiger partial charge >= 0.3 is 0 Å². The minimum absolute atomic E-state index is 0.155. The Morgan fingerprint density at radius 2 is 1.89 bits per heavy atom. The number of aromatic nitrogens is 1. The highest BCUT2D eigenvalue weighted by molar-refractivity contribution is 7.90. The fourth-order valence-corrected chi connectivity index (χ4v) is 5.18. The summed E-state index contributed by atoms with van der Waals surface area (Å²) < 4.78 is 33.4. The molecule has 1 aliphatic rings. The zero-order chi connectivity index (χ0) is 19.0. The van der Waals surface area contributed by atoms with Gasteiger partial charge in [0, 0.05) is 24.2 Å². The minimum Gasteiger partial charge on any atom is -0.375 e. The molecular weight excluding hydrogens is 360 g/mol. The van der Waals surface area contributed by atoms with Crippen LogP contribution in [0, 0.1) is 5.92 Å². The third kappa shape index (κ3) is 3.18. The monoisotopic (exact) mass is 384 g/mol. The van der Waals surface area contributed by atoms with Crippen molar-refractivity contribution in [1.82, 2.24) is 9.29 Å². The van der Waals surface area contributed by atoms with E-state index in [1.54, 1.807) is 30.5 Å². The maximum absolute atomic E-state index is 13.1. The van der Waals surface area contributed by atoms with Crippen LogP contribution in [0.4, 0.5) is 0 Å². The highest BCUT2D eigenvalue weighted by atomic mass is 32.2. The molecule has 0 aliphatic carbocycles. The summed E-state index contributed by atoms with van der Waals surface area (Å²) in [4.78, 5) is 0.288. The zero-order valence-corrected chi connectivity index (χ0v) is 16.4. The predicted molar refractivity (Wildman–Crippen MR) is 106 cm³/mol. The molecule has 0 radical (unpaired) electrons. The smallest absolute Gasteiger partial charge is 0.268 e. The maximum atomic E-state index is 13.1. The average Bonchev–Trinajstić information content (AvgIpc) is 3.07. The van der Waals surface area contributed by atoms with Crippen molar-refractivity contribution >= 4 is 20.9 Å². The lowest BCUT2D eigenvalue weighted by Gasteiger charge is -2.28. The van der Waals surface area contributed by atoms with Gasteiger partial charge in [0.15, 0.2) is 0 Å². The number of hydrogen-bond acceptors (Lipinski definition) is 4. The van der Waals surface area contributed by atoms with Gasteiger partial charge < -0.3 is 10.1 Å². The number of nitrogens with one attached hydrogen (secondary N) is 1. The number of fused-ring (bicyclic) bond motifs is 3. The summed E-state index contributed by atoms with van der Waals surface area (Å²) in [5.74, 6) is 0.376. The van der Waals surface area contributed by atoms with Crippen molar-refractivity contribution in [2.24, 2.45) is 5.92 Å². The summed E-state index contributed by atoms with van der Waals surface area (Å²) in [7, 11) is -3.64. The second-order valence-electron chi connectivity index (χ2n) is 7.23. The molecule has 0 spiro atoms. The van der Waals surface area contributed by atoms with Crippen molar-refractivity contribution in [3.05, 3.63) is 65.9 Å². The van der Waals surface area contributed by atoms with E-state index in [1.165, 1.54) is 3.97 Å². The summed E-state index contributed by atoms with van der Waals surface area (Å²) in [5.41, 5.74) is 2.96. The Kier molecular flexibility index (Phi) is 4.80. The summed E-state index contributed by atoms with van der Waals surface area (Å²) in [5, 5.41) is 4.53. The Morgan fingerprint density at radius 3 is 2.63 bits per heavy atom. The van der Waals surface area contributed by atoms with E-state index in [4.69, 9.17) is 4.74 Å². The van der Waals surface area contributed by atoms with E-state index in [0.717, 1.165) is 23.1 Å². The van der Waals surface area contributed by atoms with Gasteiger partial charge in [-0.3, -0.25) is 0 Å². The molecule has 4 rings (SSSR count). The lowest BCUT2D eigenvalue weighted by atomic mass is 9.89. The van der Waals surface area contributed by atoms with Crippen LogP contribution >= 0.6 is 0 Å². The topological polar surface area (TPSA) is 60.3 Å². The molecule has 6 heteroatoms. The molecule has 27 heavy (non-hydrogen) atoms. The van der Waals surface area contributed by atoms with Crippen molar-refractivity contribution < 1.29 is 13.2 Å². The molecule has 0 saturated carbocycles. The summed E-state index contributed by atoms with van der Waals surface area (Å²) in [6.45, 7) is 6.36. The van der Waals surface area contributed by atoms with E-state index >= 15 is 0 Å². The SMILES string of the molecule is CC(C)C1NCCOCc2ccc3c(ccn3S(=O)(=O)c3ccccc3)c21. The van der Waals surface area contributed by atoms with Crippen LogP contribution in [0.5, 0.6) is 0 Å². The minimum atomic E-state index is -3.64. The normalized spacial score (nSPS) is 18.3. The average molecular weight is 385 g/mol. The first-order valence-corrected chi connectivity index (χ1v) is 10.7. The van der Waals surface area contributed by atoms with Crippen LogP contribution in [0.25, 0.3) is 10.9 Å². The van der Waals surface area contributed by atoms with Crippen LogP contribution in [0.3, 0.4) is 0 Å². The van der Waals surface area contributed by atoms with Gasteiger partial charge in [0.2, 0.25) is 0 Å². The van der Waals surface area contributed by atoms with Gasteiger partial charge in [0.1, 0.15) is 0 Å². The predicted octanol–water partition coefficient (Wildman–Crippen LogP) is 3.70. The van der Waals surface area contributed by atoms with Crippen molar-refractivity contribution in [2.45, 2.75) is 31.4 Å². The molecule has 142 valence electrons. The van der Waals surface area contributed by atoms with Gasteiger partial charge in [0.25, 0.3) is 10.0 Å². The van der Waals surface area contributed by atoms with Gasteiger partial charge in [-0.05, 0) is 41.3 Å². The molecule has 5 nitrogen and oxygen atoms in total. The molecule has 2 aromatic carbocycles. The van der Waals surface area contributed by atoms with Crippen LogP contribution in [0.2, 0.25) is 0 Å². The number of benzene rings is 2. The summed E-state index contributed by atoms with van der Waals surface area (Å²) in [6, 6.07) is 14.5. The van der Waals surface area contributed by atoms with Gasteiger partial charge in [-0.25, -0.2) is 12.4 Å². The Labute approximate surface area is 160 Å². The van der Waals surface area contributed by atoms with Crippen molar-refractivity contribution in [2.75, 3.05) is 13.2 Å². The molecule has 0 bridgehead atoms. The molecule has 2 heterocycles. The van der Waals surface area contributed by atoms with Crippen molar-refractivity contribution in [3.8, 4) is 0 Å². The highest BCUT2D eigenvalue weighted by Gasteiger charge is 2.26. The van der Waals surface area contributed by atoms with Crippen LogP contribution in [-0.4, -0.2) is 25.5 Å². The fraction of sp³-hybridized carbons (Fsp3) is 0.333. The molecule has 0 saturated heterocycles. The van der Waals surface area contributed by atoms with E-state index in [2.05, 4.69) is 19.2 Å². The number of ether oxygens (including phenoxy) is 1. The summed E-state index contributed by atoms with van der Waals surface area (Å²) >= 11 is 0. The molecule has 1 unspecified atom stereocenters. The molecule has 3 aromatic rings. The molecule has 1 atom stereocenters. The lowest BCUT2D eigenvalue weighted by molar-refractivity contribution is 0.112. The van der Waals surface area contributed by atoms with E-state index < -0.39 is 10.0 Å². The largest absolute Gasteiger partial charge is 0.375 e. The van der Waals surface area contributed by atoms with E-state index in [9.17, 15) is 8.42 Å². The first kappa shape index (κ1) is 18.2. The summed E-state index contributed by atoms with van der Waals surface area (Å²) in [6.07, 6.45) is 1.66. The highest BCUT2D eigenvalue weighted by Crippen LogP contribution is 2.35. The van der Waals surface area contributed by atoms with Crippen LogP contribution < -0.4 is 5.32 Å². The van der Waals surface area contributed by atoms with Gasteiger partial charge in [-0.15, -0.1) is 0 Å². The van der Waals surface area contributed by atoms with Gasteiger partial charge in [0.05, 0.1) is 23.6 Å². The van der Waals surface area contributed by atoms with Crippen molar-refractivity contribution in [3.63, 3.8) is 0 Å². The Balaban J connectivity index is 1.93. The lowest BCUT2D eigenvalue weighted by Crippen LogP contribution is -2.32. The molecule has 1 aromatic heterocycles. The second-order valence-corrected chi connectivity index (χ2v) is 9.04. The van der Waals surface area contributed by atoms with Crippen LogP contribution in [0.15, 0.2) is 59.6 Å². The number of nitrogens with zero attached hydrogens (tertiary/aromatic N) is 1. The Bertz CT molecular complexity index is 1060. The molecule has 1 aliphatic heterocycles. The molecule has 0 fully saturated rings. The van der Waals surface area contributed by atoms with E-state index in [1.807, 2.05) is 24.3 Å². The number of hydrogen-bond donors (Lipinski definition) is 1. The molecular formula is C21H24N2O3S. The standard InChI is InChI=1S/C21H24N2O3S/c1-15(2)21-20-16(14-26-13-11-22-21)8-9-19-18(20)10-12-23(19)27(24,25)17-6-4-3-5-7-17/h3-10,12,15,21-22H,11,13-14H2,1-2H3. The third-order valence-corrected chi connectivity index (χ3v) is 6.82. The Hall–Kier alpha value is -2.15. The molecule has 0 amide bonds.